The van der Waals surface area contributed by atoms with Gasteiger partial charge < -0.3 is 19.9 Å². The van der Waals surface area contributed by atoms with Crippen LogP contribution in [0.4, 0.5) is 4.39 Å². The van der Waals surface area contributed by atoms with Crippen molar-refractivity contribution in [1.82, 2.24) is 4.98 Å². The molecule has 2 N–H and O–H groups in total. The zero-order chi connectivity index (χ0) is 18.6. The summed E-state index contributed by atoms with van der Waals surface area (Å²) in [6, 6.07) is 9.21. The van der Waals surface area contributed by atoms with E-state index in [0.717, 1.165) is 17.7 Å². The van der Waals surface area contributed by atoms with Crippen LogP contribution in [0.1, 0.15) is 18.9 Å². The van der Waals surface area contributed by atoms with Crippen LogP contribution in [0.25, 0.3) is 11.1 Å². The molecule has 140 valence electrons. The first-order valence-electron chi connectivity index (χ1n) is 9.02. The molecule has 3 aliphatic rings. The van der Waals surface area contributed by atoms with E-state index in [1.54, 1.807) is 12.1 Å². The summed E-state index contributed by atoms with van der Waals surface area (Å²) in [5.74, 6) is 0.159. The zero-order valence-corrected chi connectivity index (χ0v) is 14.9. The van der Waals surface area contributed by atoms with E-state index < -0.39 is 17.1 Å². The highest BCUT2D eigenvalue weighted by Gasteiger charge is 2.59. The predicted octanol–water partition coefficient (Wildman–Crippen LogP) is 2.62. The van der Waals surface area contributed by atoms with Gasteiger partial charge in [0.25, 0.3) is 6.02 Å². The number of nitrogens with zero attached hydrogens (tertiary/aromatic N) is 2. The average molecular weight is 369 g/mol. The largest absolute Gasteiger partial charge is 0.487 e. The Balaban J connectivity index is 1.71. The van der Waals surface area contributed by atoms with Crippen LogP contribution >= 0.6 is 0 Å². The molecular formula is C20H20FN3O3. The van der Waals surface area contributed by atoms with Crippen molar-refractivity contribution in [2.45, 2.75) is 24.5 Å². The first-order valence-corrected chi connectivity index (χ1v) is 9.02. The Morgan fingerprint density at radius 2 is 2.19 bits per heavy atom. The number of hydrogen-bond acceptors (Lipinski definition) is 6. The molecule has 0 saturated carbocycles. The summed E-state index contributed by atoms with van der Waals surface area (Å²) >= 11 is 0. The molecule has 0 unspecified atom stereocenters. The highest BCUT2D eigenvalue weighted by atomic mass is 19.1. The molecule has 6 nitrogen and oxygen atoms in total. The minimum atomic E-state index is -0.707. The number of amidine groups is 1. The number of halogens is 1. The summed E-state index contributed by atoms with van der Waals surface area (Å²) in [4.78, 5) is 8.47. The van der Waals surface area contributed by atoms with Crippen molar-refractivity contribution >= 4 is 6.02 Å². The fourth-order valence-corrected chi connectivity index (χ4v) is 4.52. The van der Waals surface area contributed by atoms with Crippen LogP contribution in [0.3, 0.4) is 0 Å². The molecule has 0 amide bonds. The summed E-state index contributed by atoms with van der Waals surface area (Å²) in [6.07, 6.45) is 2.19. The van der Waals surface area contributed by atoms with Gasteiger partial charge in [0, 0.05) is 23.7 Å². The van der Waals surface area contributed by atoms with Gasteiger partial charge in [-0.2, -0.15) is 4.39 Å². The van der Waals surface area contributed by atoms with Gasteiger partial charge in [-0.1, -0.05) is 6.07 Å². The summed E-state index contributed by atoms with van der Waals surface area (Å²) in [6.45, 7) is 3.54. The van der Waals surface area contributed by atoms with Crippen LogP contribution in [0.2, 0.25) is 0 Å². The van der Waals surface area contributed by atoms with E-state index in [1.807, 2.05) is 18.2 Å². The predicted molar refractivity (Wildman–Crippen MR) is 96.8 cm³/mol. The third kappa shape index (κ3) is 2.34. The van der Waals surface area contributed by atoms with Crippen molar-refractivity contribution in [3.63, 3.8) is 0 Å². The maximum Gasteiger partial charge on any atom is 0.283 e. The molecule has 0 aliphatic carbocycles. The molecule has 1 spiro atoms. The first-order chi connectivity index (χ1) is 13.0. The van der Waals surface area contributed by atoms with Gasteiger partial charge in [0.2, 0.25) is 5.95 Å². The molecule has 2 aromatic rings. The van der Waals surface area contributed by atoms with Crippen LogP contribution in [-0.2, 0) is 15.0 Å². The Morgan fingerprint density at radius 3 is 2.96 bits per heavy atom. The minimum Gasteiger partial charge on any atom is -0.487 e. The Morgan fingerprint density at radius 1 is 1.30 bits per heavy atom. The number of pyridine rings is 1. The molecule has 0 bridgehead atoms. The zero-order valence-electron chi connectivity index (χ0n) is 14.9. The van der Waals surface area contributed by atoms with Crippen LogP contribution in [-0.4, -0.2) is 36.4 Å². The van der Waals surface area contributed by atoms with E-state index >= 15 is 0 Å². The van der Waals surface area contributed by atoms with Crippen LogP contribution in [0.15, 0.2) is 41.5 Å². The van der Waals surface area contributed by atoms with E-state index in [2.05, 4.69) is 11.9 Å². The summed E-state index contributed by atoms with van der Waals surface area (Å²) in [5.41, 5.74) is 6.76. The summed E-state index contributed by atoms with van der Waals surface area (Å²) in [7, 11) is 0. The lowest BCUT2D eigenvalue weighted by Gasteiger charge is -2.52. The van der Waals surface area contributed by atoms with Gasteiger partial charge in [-0.05, 0) is 36.8 Å². The lowest BCUT2D eigenvalue weighted by atomic mass is 9.66. The Bertz CT molecular complexity index is 950. The maximum absolute atomic E-state index is 14.2. The van der Waals surface area contributed by atoms with Crippen molar-refractivity contribution in [3.05, 3.63) is 48.0 Å². The fourth-order valence-electron chi connectivity index (χ4n) is 4.52. The minimum absolute atomic E-state index is 0.0544. The molecule has 1 aromatic heterocycles. The molecule has 7 heteroatoms. The lowest BCUT2D eigenvalue weighted by molar-refractivity contribution is -0.129. The van der Waals surface area contributed by atoms with Crippen molar-refractivity contribution in [2.75, 3.05) is 19.8 Å². The maximum atomic E-state index is 14.2. The van der Waals surface area contributed by atoms with Crippen LogP contribution in [0.5, 0.6) is 5.75 Å². The third-order valence-electron chi connectivity index (χ3n) is 5.95. The quantitative estimate of drug-likeness (QED) is 0.782. The number of benzene rings is 1. The van der Waals surface area contributed by atoms with Crippen LogP contribution < -0.4 is 10.5 Å². The van der Waals surface area contributed by atoms with E-state index in [-0.39, 0.29) is 11.9 Å². The van der Waals surface area contributed by atoms with Crippen molar-refractivity contribution in [2.24, 2.45) is 16.6 Å². The standard InChI is InChI=1S/C20H20FN3O3/c1-19-6-8-25-10-16(19)20(11-26-18(22)24-20)14-9-12(4-5-15(14)27-19)13-3-2-7-23-17(13)21/h2-5,7,9,16H,6,8,10-11H2,1H3,(H2,22,24)/t16-,19-,20-/m0/s1. The van der Waals surface area contributed by atoms with E-state index in [4.69, 9.17) is 24.9 Å². The van der Waals surface area contributed by atoms with Gasteiger partial charge >= 0.3 is 0 Å². The molecule has 3 aliphatic heterocycles. The van der Waals surface area contributed by atoms with E-state index in [0.29, 0.717) is 30.9 Å². The first kappa shape index (κ1) is 16.5. The van der Waals surface area contributed by atoms with Gasteiger partial charge in [-0.25, -0.2) is 9.98 Å². The Hall–Kier alpha value is -2.67. The Kier molecular flexibility index (Phi) is 3.46. The third-order valence-corrected chi connectivity index (χ3v) is 5.95. The van der Waals surface area contributed by atoms with Crippen LogP contribution in [0, 0.1) is 11.9 Å². The second kappa shape index (κ2) is 5.66. The number of ether oxygens (including phenoxy) is 3. The second-order valence-electron chi connectivity index (χ2n) is 7.51. The molecule has 1 aromatic carbocycles. The number of aromatic nitrogens is 1. The molecule has 0 radical (unpaired) electrons. The van der Waals surface area contributed by atoms with Gasteiger partial charge in [0.15, 0.2) is 0 Å². The number of rotatable bonds is 1. The van der Waals surface area contributed by atoms with Crippen molar-refractivity contribution in [3.8, 4) is 16.9 Å². The highest BCUT2D eigenvalue weighted by molar-refractivity contribution is 5.75. The van der Waals surface area contributed by atoms with Crippen molar-refractivity contribution < 1.29 is 18.6 Å². The van der Waals surface area contributed by atoms with Crippen molar-refractivity contribution in [1.29, 1.82) is 0 Å². The highest BCUT2D eigenvalue weighted by Crippen LogP contribution is 2.54. The number of fused-ring (bicyclic) bond motifs is 4. The molecule has 5 rings (SSSR count). The summed E-state index contributed by atoms with van der Waals surface area (Å²) in [5, 5.41) is 0. The fraction of sp³-hybridized carbons (Fsp3) is 0.400. The molecular weight excluding hydrogens is 349 g/mol. The average Bonchev–Trinajstić information content (AvgIpc) is 3.04. The molecule has 1 fully saturated rings. The van der Waals surface area contributed by atoms with E-state index in [1.165, 1.54) is 6.20 Å². The number of aliphatic imine (C=N–C) groups is 1. The monoisotopic (exact) mass is 369 g/mol. The van der Waals surface area contributed by atoms with Gasteiger partial charge in [0.1, 0.15) is 23.5 Å². The molecule has 4 heterocycles. The second-order valence-corrected chi connectivity index (χ2v) is 7.51. The molecule has 3 atom stereocenters. The summed E-state index contributed by atoms with van der Waals surface area (Å²) < 4.78 is 32.0. The number of hydrogen-bond donors (Lipinski definition) is 1. The lowest BCUT2D eigenvalue weighted by Crippen LogP contribution is -2.59. The number of nitrogens with two attached hydrogens (primary N) is 1. The molecule has 1 saturated heterocycles. The normalized spacial score (nSPS) is 31.5. The molecule has 27 heavy (non-hydrogen) atoms. The topological polar surface area (TPSA) is 79.0 Å². The van der Waals surface area contributed by atoms with Gasteiger partial charge in [-0.15, -0.1) is 0 Å². The van der Waals surface area contributed by atoms with Gasteiger partial charge in [-0.3, -0.25) is 0 Å². The smallest absolute Gasteiger partial charge is 0.283 e. The SMILES string of the molecule is C[C@]12CCOC[C@@H]1[C@]1(COC(N)=N1)c1cc(-c3cccnc3F)ccc1O2. The van der Waals surface area contributed by atoms with Gasteiger partial charge in [0.05, 0.1) is 19.1 Å². The van der Waals surface area contributed by atoms with E-state index in [9.17, 15) is 4.39 Å². The Labute approximate surface area is 156 Å².